The molecule has 0 radical (unpaired) electrons. The number of hydrogen-bond acceptors (Lipinski definition) is 5. The molecule has 1 amide bonds. The number of pyridine rings is 2. The third-order valence-corrected chi connectivity index (χ3v) is 6.92. The number of rotatable bonds is 7. The number of fused-ring (bicyclic) bond motifs is 1. The topological polar surface area (TPSA) is 95.1 Å². The van der Waals surface area contributed by atoms with E-state index in [0.717, 1.165) is 23.4 Å². The molecule has 6 rings (SSSR count). The summed E-state index contributed by atoms with van der Waals surface area (Å²) in [6.07, 6.45) is 8.88. The van der Waals surface area contributed by atoms with Gasteiger partial charge < -0.3 is 15.0 Å². The SMILES string of the molecule is N#Cc1cc(C2CC2)cn2cc(CNc3ccnc(NC(=O)C4CC4c4cccc(Cl)c4)c3)nc12. The summed E-state index contributed by atoms with van der Waals surface area (Å²) < 4.78 is 1.95. The van der Waals surface area contributed by atoms with Crippen LogP contribution in [0.3, 0.4) is 0 Å². The Bertz CT molecular complexity index is 1480. The van der Waals surface area contributed by atoms with Gasteiger partial charge in [0.15, 0.2) is 5.65 Å². The van der Waals surface area contributed by atoms with Crippen molar-refractivity contribution in [2.24, 2.45) is 5.92 Å². The molecule has 174 valence electrons. The van der Waals surface area contributed by atoms with E-state index in [1.54, 1.807) is 6.20 Å². The van der Waals surface area contributed by atoms with Crippen LogP contribution in [0.2, 0.25) is 5.02 Å². The summed E-state index contributed by atoms with van der Waals surface area (Å²) >= 11 is 6.09. The molecule has 4 aromatic rings. The van der Waals surface area contributed by atoms with Gasteiger partial charge >= 0.3 is 0 Å². The van der Waals surface area contributed by atoms with Crippen molar-refractivity contribution in [1.82, 2.24) is 14.4 Å². The average molecular weight is 483 g/mol. The van der Waals surface area contributed by atoms with Crippen LogP contribution >= 0.6 is 11.6 Å². The van der Waals surface area contributed by atoms with Crippen molar-refractivity contribution in [3.05, 3.63) is 88.5 Å². The molecule has 3 aromatic heterocycles. The van der Waals surface area contributed by atoms with Crippen LogP contribution in [0.5, 0.6) is 0 Å². The van der Waals surface area contributed by atoms with Crippen LogP contribution in [0, 0.1) is 17.2 Å². The number of imidazole rings is 1. The Balaban J connectivity index is 1.10. The molecule has 0 aliphatic heterocycles. The molecule has 35 heavy (non-hydrogen) atoms. The lowest BCUT2D eigenvalue weighted by Gasteiger charge is -2.08. The molecule has 2 N–H and O–H groups in total. The molecule has 3 heterocycles. The highest BCUT2D eigenvalue weighted by molar-refractivity contribution is 6.30. The van der Waals surface area contributed by atoms with Crippen LogP contribution in [0.25, 0.3) is 5.65 Å². The lowest BCUT2D eigenvalue weighted by Crippen LogP contribution is -2.15. The maximum absolute atomic E-state index is 12.7. The zero-order valence-electron chi connectivity index (χ0n) is 18.9. The number of anilines is 2. The molecule has 7 nitrogen and oxygen atoms in total. The fourth-order valence-electron chi connectivity index (χ4n) is 4.59. The van der Waals surface area contributed by atoms with E-state index in [0.29, 0.717) is 34.5 Å². The summed E-state index contributed by atoms with van der Waals surface area (Å²) in [5, 5.41) is 16.5. The van der Waals surface area contributed by atoms with Crippen molar-refractivity contribution in [3.8, 4) is 6.07 Å². The molecule has 2 atom stereocenters. The van der Waals surface area contributed by atoms with Crippen molar-refractivity contribution < 1.29 is 4.79 Å². The summed E-state index contributed by atoms with van der Waals surface area (Å²) in [6, 6.07) is 15.6. The predicted octanol–water partition coefficient (Wildman–Crippen LogP) is 5.49. The molecule has 0 bridgehead atoms. The highest BCUT2D eigenvalue weighted by Gasteiger charge is 2.44. The molecule has 2 saturated carbocycles. The van der Waals surface area contributed by atoms with Gasteiger partial charge in [-0.1, -0.05) is 23.7 Å². The van der Waals surface area contributed by atoms with Crippen molar-refractivity contribution in [1.29, 1.82) is 5.26 Å². The summed E-state index contributed by atoms with van der Waals surface area (Å²) in [5.41, 5.74) is 5.24. The minimum atomic E-state index is -0.0697. The standard InChI is InChI=1S/C27H23ClN6O/c28-20-3-1-2-17(9-20)23-11-24(23)27(35)33-25-10-21(6-7-30-25)31-13-22-15-34-14-19(16-4-5-16)8-18(12-29)26(34)32-22/h1-3,6-10,14-16,23-24H,4-5,11,13H2,(H2,30,31,33,35). The maximum Gasteiger partial charge on any atom is 0.229 e. The van der Waals surface area contributed by atoms with Crippen LogP contribution in [0.1, 0.15) is 53.5 Å². The van der Waals surface area contributed by atoms with Gasteiger partial charge in [-0.2, -0.15) is 5.26 Å². The molecule has 2 fully saturated rings. The van der Waals surface area contributed by atoms with Crippen molar-refractivity contribution >= 4 is 34.7 Å². The lowest BCUT2D eigenvalue weighted by atomic mass is 10.1. The minimum absolute atomic E-state index is 0.0320. The number of amides is 1. The van der Waals surface area contributed by atoms with Gasteiger partial charge in [0.05, 0.1) is 17.8 Å². The molecular formula is C27H23ClN6O. The minimum Gasteiger partial charge on any atom is -0.379 e. The highest BCUT2D eigenvalue weighted by Crippen LogP contribution is 2.48. The smallest absolute Gasteiger partial charge is 0.229 e. The third-order valence-electron chi connectivity index (χ3n) is 6.68. The summed E-state index contributed by atoms with van der Waals surface area (Å²) in [4.78, 5) is 21.7. The number of carbonyl (C=O) groups is 1. The Hall–Kier alpha value is -3.89. The number of carbonyl (C=O) groups excluding carboxylic acids is 1. The normalized spacial score (nSPS) is 18.7. The zero-order valence-corrected chi connectivity index (χ0v) is 19.7. The lowest BCUT2D eigenvalue weighted by molar-refractivity contribution is -0.117. The highest BCUT2D eigenvalue weighted by atomic mass is 35.5. The van der Waals surface area contributed by atoms with Crippen molar-refractivity contribution in [2.45, 2.75) is 37.6 Å². The molecule has 1 aromatic carbocycles. The van der Waals surface area contributed by atoms with Gasteiger partial charge in [-0.25, -0.2) is 9.97 Å². The summed E-state index contributed by atoms with van der Waals surface area (Å²) in [5.74, 6) is 1.17. The second kappa shape index (κ2) is 8.71. The molecule has 2 aliphatic carbocycles. The van der Waals surface area contributed by atoms with E-state index in [1.165, 1.54) is 18.4 Å². The van der Waals surface area contributed by atoms with Gasteiger partial charge in [0.2, 0.25) is 5.91 Å². The number of nitrogens with zero attached hydrogens (tertiary/aromatic N) is 4. The molecule has 2 aliphatic rings. The Kier molecular flexibility index (Phi) is 5.39. The maximum atomic E-state index is 12.7. The van der Waals surface area contributed by atoms with Crippen LogP contribution in [0.15, 0.2) is 61.1 Å². The number of benzene rings is 1. The zero-order chi connectivity index (χ0) is 23.9. The van der Waals surface area contributed by atoms with Gasteiger partial charge in [0.25, 0.3) is 0 Å². The first-order valence-corrected chi connectivity index (χ1v) is 12.1. The number of aromatic nitrogens is 3. The van der Waals surface area contributed by atoms with Crippen LogP contribution in [-0.2, 0) is 11.3 Å². The van der Waals surface area contributed by atoms with Crippen molar-refractivity contribution in [3.63, 3.8) is 0 Å². The van der Waals surface area contributed by atoms with Gasteiger partial charge in [0, 0.05) is 41.3 Å². The van der Waals surface area contributed by atoms with E-state index >= 15 is 0 Å². The average Bonchev–Trinajstić information content (AvgIpc) is 3.78. The van der Waals surface area contributed by atoms with E-state index in [-0.39, 0.29) is 17.7 Å². The second-order valence-electron chi connectivity index (χ2n) is 9.31. The largest absolute Gasteiger partial charge is 0.379 e. The van der Waals surface area contributed by atoms with Gasteiger partial charge in [0.1, 0.15) is 11.9 Å². The molecule has 0 saturated heterocycles. The third kappa shape index (κ3) is 4.58. The van der Waals surface area contributed by atoms with Crippen LogP contribution < -0.4 is 10.6 Å². The molecule has 0 spiro atoms. The van der Waals surface area contributed by atoms with Crippen molar-refractivity contribution in [2.75, 3.05) is 10.6 Å². The number of nitriles is 1. The van der Waals surface area contributed by atoms with Crippen LogP contribution in [0.4, 0.5) is 11.5 Å². The quantitative estimate of drug-likeness (QED) is 0.363. The molecule has 8 heteroatoms. The van der Waals surface area contributed by atoms with Gasteiger partial charge in [-0.3, -0.25) is 4.79 Å². The Labute approximate surface area is 207 Å². The van der Waals surface area contributed by atoms with Gasteiger partial charge in [-0.05, 0) is 66.5 Å². The van der Waals surface area contributed by atoms with E-state index < -0.39 is 0 Å². The van der Waals surface area contributed by atoms with E-state index in [4.69, 9.17) is 11.6 Å². The Morgan fingerprint density at radius 3 is 2.86 bits per heavy atom. The van der Waals surface area contributed by atoms with E-state index in [9.17, 15) is 10.1 Å². The van der Waals surface area contributed by atoms with Crippen LogP contribution in [-0.4, -0.2) is 20.3 Å². The predicted molar refractivity (Wildman–Crippen MR) is 134 cm³/mol. The van der Waals surface area contributed by atoms with E-state index in [2.05, 4.69) is 32.9 Å². The first-order valence-electron chi connectivity index (χ1n) is 11.8. The fraction of sp³-hybridized carbons (Fsp3) is 0.259. The fourth-order valence-corrected chi connectivity index (χ4v) is 4.79. The van der Waals surface area contributed by atoms with Gasteiger partial charge in [-0.15, -0.1) is 0 Å². The summed E-state index contributed by atoms with van der Waals surface area (Å²) in [6.45, 7) is 0.488. The number of hydrogen-bond donors (Lipinski definition) is 2. The number of halogens is 1. The number of nitrogens with one attached hydrogen (secondary N) is 2. The summed E-state index contributed by atoms with van der Waals surface area (Å²) in [7, 11) is 0. The monoisotopic (exact) mass is 482 g/mol. The first kappa shape index (κ1) is 21.6. The Morgan fingerprint density at radius 2 is 2.06 bits per heavy atom. The Morgan fingerprint density at radius 1 is 1.17 bits per heavy atom. The first-order chi connectivity index (χ1) is 17.1. The second-order valence-corrected chi connectivity index (χ2v) is 9.75. The van der Waals surface area contributed by atoms with E-state index in [1.807, 2.05) is 53.1 Å². The molecular weight excluding hydrogens is 460 g/mol. The molecule has 2 unspecified atom stereocenters.